The zero-order chi connectivity index (χ0) is 25.0. The topological polar surface area (TPSA) is 244 Å². The van der Waals surface area contributed by atoms with Crippen molar-refractivity contribution in [3.8, 4) is 0 Å². The van der Waals surface area contributed by atoms with Gasteiger partial charge in [-0.2, -0.15) is 0 Å². The van der Waals surface area contributed by atoms with Crippen LogP contribution in [-0.4, -0.2) is 77.4 Å². The molecule has 0 aliphatic rings. The van der Waals surface area contributed by atoms with E-state index in [0.29, 0.717) is 6.42 Å². The van der Waals surface area contributed by atoms with Crippen molar-refractivity contribution in [3.05, 3.63) is 0 Å². The SMILES string of the molecule is C[C@H](N)C(=O)N[C@@H](C)C(=O)N[C@@H](CCCN=C(N)N)C(=O)N[C@@H](C)C(=O)N[C@@H](C)C(=O)O. The van der Waals surface area contributed by atoms with Gasteiger partial charge in [0.05, 0.1) is 6.04 Å². The highest BCUT2D eigenvalue weighted by molar-refractivity contribution is 5.95. The maximum absolute atomic E-state index is 12.7. The van der Waals surface area contributed by atoms with E-state index in [1.54, 1.807) is 0 Å². The highest BCUT2D eigenvalue weighted by Gasteiger charge is 2.27. The molecule has 5 atom stereocenters. The summed E-state index contributed by atoms with van der Waals surface area (Å²) in [5.41, 5.74) is 16.0. The van der Waals surface area contributed by atoms with Crippen LogP contribution in [0, 0.1) is 0 Å². The van der Waals surface area contributed by atoms with Gasteiger partial charge in [0.25, 0.3) is 0 Å². The number of hydrogen-bond donors (Lipinski definition) is 8. The summed E-state index contributed by atoms with van der Waals surface area (Å²) in [4.78, 5) is 63.6. The Morgan fingerprint density at radius 1 is 0.781 bits per heavy atom. The number of aliphatic imine (C=N–C) groups is 1. The first kappa shape index (κ1) is 28.6. The molecule has 0 aromatic rings. The average molecular weight is 459 g/mol. The van der Waals surface area contributed by atoms with Gasteiger partial charge in [-0.1, -0.05) is 0 Å². The molecule has 0 rings (SSSR count). The van der Waals surface area contributed by atoms with E-state index in [1.165, 1.54) is 27.7 Å². The molecule has 182 valence electrons. The number of hydrogen-bond acceptors (Lipinski definition) is 7. The van der Waals surface area contributed by atoms with E-state index in [2.05, 4.69) is 26.3 Å². The summed E-state index contributed by atoms with van der Waals surface area (Å²) < 4.78 is 0. The van der Waals surface area contributed by atoms with E-state index in [4.69, 9.17) is 22.3 Å². The molecule has 0 heterocycles. The Kier molecular flexibility index (Phi) is 12.3. The van der Waals surface area contributed by atoms with Gasteiger partial charge in [-0.25, -0.2) is 0 Å². The number of nitrogens with one attached hydrogen (secondary N) is 4. The summed E-state index contributed by atoms with van der Waals surface area (Å²) in [5, 5.41) is 18.5. The normalized spacial score (nSPS) is 15.2. The number of amides is 4. The molecule has 0 aliphatic heterocycles. The van der Waals surface area contributed by atoms with Crippen molar-refractivity contribution in [3.63, 3.8) is 0 Å². The van der Waals surface area contributed by atoms with Gasteiger partial charge in [0, 0.05) is 6.54 Å². The molecule has 0 aromatic heterocycles. The Balaban J connectivity index is 5.16. The highest BCUT2D eigenvalue weighted by atomic mass is 16.4. The van der Waals surface area contributed by atoms with Crippen LogP contribution >= 0.6 is 0 Å². The molecule has 0 aliphatic carbocycles. The molecular formula is C18H34N8O6. The summed E-state index contributed by atoms with van der Waals surface area (Å²) in [6.07, 6.45) is 0.454. The van der Waals surface area contributed by atoms with E-state index in [9.17, 15) is 24.0 Å². The van der Waals surface area contributed by atoms with Crippen molar-refractivity contribution in [1.29, 1.82) is 0 Å². The predicted octanol–water partition coefficient (Wildman–Crippen LogP) is -3.53. The van der Waals surface area contributed by atoms with Crippen LogP contribution in [0.2, 0.25) is 0 Å². The molecule has 0 fully saturated rings. The molecule has 0 radical (unpaired) electrons. The number of rotatable bonds is 13. The quantitative estimate of drug-likeness (QED) is 0.0772. The van der Waals surface area contributed by atoms with Gasteiger partial charge in [0.2, 0.25) is 23.6 Å². The molecule has 32 heavy (non-hydrogen) atoms. The van der Waals surface area contributed by atoms with Gasteiger partial charge < -0.3 is 43.6 Å². The molecule has 14 nitrogen and oxygen atoms in total. The smallest absolute Gasteiger partial charge is 0.325 e. The summed E-state index contributed by atoms with van der Waals surface area (Å²) in [7, 11) is 0. The van der Waals surface area contributed by atoms with Crippen LogP contribution in [0.3, 0.4) is 0 Å². The average Bonchev–Trinajstić information content (AvgIpc) is 2.69. The van der Waals surface area contributed by atoms with Gasteiger partial charge in [-0.15, -0.1) is 0 Å². The van der Waals surface area contributed by atoms with Crippen LogP contribution in [0.1, 0.15) is 40.5 Å². The molecule has 0 saturated heterocycles. The van der Waals surface area contributed by atoms with Gasteiger partial charge in [-0.3, -0.25) is 29.0 Å². The first-order valence-corrected chi connectivity index (χ1v) is 10.0. The summed E-state index contributed by atoms with van der Waals surface area (Å²) in [6.45, 7) is 5.72. The van der Waals surface area contributed by atoms with Crippen molar-refractivity contribution in [2.45, 2.75) is 70.7 Å². The van der Waals surface area contributed by atoms with Crippen LogP contribution in [-0.2, 0) is 24.0 Å². The minimum atomic E-state index is -1.23. The summed E-state index contributed by atoms with van der Waals surface area (Å²) >= 11 is 0. The Morgan fingerprint density at radius 3 is 1.72 bits per heavy atom. The lowest BCUT2D eigenvalue weighted by atomic mass is 10.1. The van der Waals surface area contributed by atoms with E-state index in [1.807, 2.05) is 0 Å². The van der Waals surface area contributed by atoms with Crippen molar-refractivity contribution in [1.82, 2.24) is 21.3 Å². The number of carbonyl (C=O) groups excluding carboxylic acids is 4. The second kappa shape index (κ2) is 13.8. The van der Waals surface area contributed by atoms with Crippen LogP contribution in [0.5, 0.6) is 0 Å². The third kappa shape index (κ3) is 11.1. The first-order valence-electron chi connectivity index (χ1n) is 10.0. The summed E-state index contributed by atoms with van der Waals surface area (Å²) in [5.74, 6) is -3.93. The third-order valence-corrected chi connectivity index (χ3v) is 4.23. The lowest BCUT2D eigenvalue weighted by Gasteiger charge is -2.23. The number of carbonyl (C=O) groups is 5. The number of nitrogens with two attached hydrogens (primary N) is 3. The highest BCUT2D eigenvalue weighted by Crippen LogP contribution is 2.01. The Morgan fingerprint density at radius 2 is 1.25 bits per heavy atom. The Labute approximate surface area is 186 Å². The number of carboxylic acid groups (broad SMARTS) is 1. The number of nitrogens with zero attached hydrogens (tertiary/aromatic N) is 1. The lowest BCUT2D eigenvalue weighted by Crippen LogP contribution is -2.57. The van der Waals surface area contributed by atoms with Crippen molar-refractivity contribution in [2.24, 2.45) is 22.2 Å². The molecule has 0 spiro atoms. The number of carboxylic acids is 1. The van der Waals surface area contributed by atoms with Gasteiger partial charge in [-0.05, 0) is 40.5 Å². The molecule has 14 heteroatoms. The van der Waals surface area contributed by atoms with Crippen LogP contribution < -0.4 is 38.5 Å². The molecule has 0 aromatic carbocycles. The molecular weight excluding hydrogens is 424 g/mol. The minimum absolute atomic E-state index is 0.125. The lowest BCUT2D eigenvalue weighted by molar-refractivity contribution is -0.141. The number of guanidine groups is 1. The minimum Gasteiger partial charge on any atom is -0.480 e. The maximum atomic E-state index is 12.7. The van der Waals surface area contributed by atoms with E-state index in [-0.39, 0.29) is 18.9 Å². The van der Waals surface area contributed by atoms with Gasteiger partial charge >= 0.3 is 5.97 Å². The van der Waals surface area contributed by atoms with Gasteiger partial charge in [0.1, 0.15) is 24.2 Å². The van der Waals surface area contributed by atoms with E-state index in [0.717, 1.165) is 0 Å². The predicted molar refractivity (Wildman–Crippen MR) is 116 cm³/mol. The summed E-state index contributed by atoms with van der Waals surface area (Å²) in [6, 6.07) is -5.09. The zero-order valence-corrected chi connectivity index (χ0v) is 18.7. The fourth-order valence-corrected chi connectivity index (χ4v) is 2.26. The van der Waals surface area contributed by atoms with E-state index >= 15 is 0 Å². The number of aliphatic carboxylic acids is 1. The third-order valence-electron chi connectivity index (χ3n) is 4.23. The van der Waals surface area contributed by atoms with Crippen molar-refractivity contribution in [2.75, 3.05) is 6.54 Å². The second-order valence-electron chi connectivity index (χ2n) is 7.33. The fourth-order valence-electron chi connectivity index (χ4n) is 2.26. The second-order valence-corrected chi connectivity index (χ2v) is 7.33. The van der Waals surface area contributed by atoms with E-state index < -0.39 is 59.8 Å². The monoisotopic (exact) mass is 458 g/mol. The van der Waals surface area contributed by atoms with Crippen LogP contribution in [0.25, 0.3) is 0 Å². The Hall–Kier alpha value is -3.42. The molecule has 11 N–H and O–H groups in total. The Bertz CT molecular complexity index is 722. The van der Waals surface area contributed by atoms with Crippen LogP contribution in [0.15, 0.2) is 4.99 Å². The largest absolute Gasteiger partial charge is 0.480 e. The molecule has 0 bridgehead atoms. The van der Waals surface area contributed by atoms with Crippen molar-refractivity contribution < 1.29 is 29.1 Å². The maximum Gasteiger partial charge on any atom is 0.325 e. The molecule has 4 amide bonds. The molecule has 0 unspecified atom stereocenters. The molecule has 0 saturated carbocycles. The first-order chi connectivity index (χ1) is 14.8. The standard InChI is InChI=1S/C18H34N8O6/c1-8(19)13(27)23-10(3)15(29)26-12(6-5-7-22-18(20)21)16(30)24-9(2)14(28)25-11(4)17(31)32/h8-12H,5-7,19H2,1-4H3,(H,23,27)(H,24,30)(H,25,28)(H,26,29)(H,31,32)(H4,20,21,22)/t8-,9-,10-,11-,12-/m0/s1. The van der Waals surface area contributed by atoms with Crippen molar-refractivity contribution >= 4 is 35.6 Å². The van der Waals surface area contributed by atoms with Crippen LogP contribution in [0.4, 0.5) is 0 Å². The fraction of sp³-hybridized carbons (Fsp3) is 0.667. The zero-order valence-electron chi connectivity index (χ0n) is 18.7. The van der Waals surface area contributed by atoms with Gasteiger partial charge in [0.15, 0.2) is 5.96 Å².